The van der Waals surface area contributed by atoms with E-state index in [9.17, 15) is 9.59 Å². The first kappa shape index (κ1) is 22.7. The first-order valence-electron chi connectivity index (χ1n) is 11.6. The van der Waals surface area contributed by atoms with E-state index in [0.29, 0.717) is 23.7 Å². The molecule has 1 atom stereocenters. The van der Waals surface area contributed by atoms with E-state index in [2.05, 4.69) is 10.4 Å². The summed E-state index contributed by atoms with van der Waals surface area (Å²) in [5, 5.41) is 7.67. The quantitative estimate of drug-likeness (QED) is 0.456. The van der Waals surface area contributed by atoms with Crippen LogP contribution in [0.15, 0.2) is 71.3 Å². The molecule has 1 N–H and O–H groups in total. The van der Waals surface area contributed by atoms with Crippen LogP contribution in [0.2, 0.25) is 0 Å². The standard InChI is InChI=1S/C28H28N4O3/c1-18-10-12-21(13-11-18)16-29-27(34)28(4)17-31-24(15-22(30-31)25-9-6-14-35-25)26(33)32(28)23-8-5-7-19(2)20(23)3/h5-15H,16-17H2,1-4H3,(H,29,34)/t28-/m1/s1. The van der Waals surface area contributed by atoms with Crippen LogP contribution in [-0.2, 0) is 17.9 Å². The van der Waals surface area contributed by atoms with Gasteiger partial charge in [0.2, 0.25) is 5.91 Å². The molecule has 4 aromatic rings. The normalized spacial score (nSPS) is 17.4. The SMILES string of the molecule is Cc1ccc(CNC(=O)[C@@]2(C)Cn3nc(-c4ccco4)cc3C(=O)N2c2cccc(C)c2C)cc1. The molecule has 0 saturated carbocycles. The molecule has 0 bridgehead atoms. The topological polar surface area (TPSA) is 80.4 Å². The number of hydrogen-bond acceptors (Lipinski definition) is 4. The second-order valence-corrected chi connectivity index (χ2v) is 9.35. The van der Waals surface area contributed by atoms with E-state index in [-0.39, 0.29) is 18.4 Å². The zero-order valence-corrected chi connectivity index (χ0v) is 20.3. The number of amides is 2. The molecule has 5 rings (SSSR count). The number of aryl methyl sites for hydroxylation is 2. The van der Waals surface area contributed by atoms with Gasteiger partial charge in [0.15, 0.2) is 5.76 Å². The number of benzene rings is 2. The lowest BCUT2D eigenvalue weighted by Crippen LogP contribution is -2.64. The van der Waals surface area contributed by atoms with Crippen molar-refractivity contribution >= 4 is 17.5 Å². The van der Waals surface area contributed by atoms with Gasteiger partial charge in [-0.3, -0.25) is 19.2 Å². The Morgan fingerprint density at radius 1 is 1.09 bits per heavy atom. The van der Waals surface area contributed by atoms with Crippen molar-refractivity contribution in [3.05, 3.63) is 94.9 Å². The van der Waals surface area contributed by atoms with Gasteiger partial charge in [-0.05, 0) is 62.6 Å². The predicted molar refractivity (Wildman–Crippen MR) is 134 cm³/mol. The molecule has 0 aliphatic carbocycles. The molecule has 0 unspecified atom stereocenters. The fraction of sp³-hybridized carbons (Fsp3) is 0.250. The lowest BCUT2D eigenvalue weighted by atomic mass is 9.92. The summed E-state index contributed by atoms with van der Waals surface area (Å²) in [7, 11) is 0. The van der Waals surface area contributed by atoms with E-state index in [1.807, 2.05) is 63.2 Å². The van der Waals surface area contributed by atoms with Crippen molar-refractivity contribution < 1.29 is 14.0 Å². The summed E-state index contributed by atoms with van der Waals surface area (Å²) >= 11 is 0. The minimum atomic E-state index is -1.19. The van der Waals surface area contributed by atoms with Gasteiger partial charge in [-0.2, -0.15) is 5.10 Å². The Kier molecular flexibility index (Phi) is 5.55. The molecule has 2 aromatic heterocycles. The van der Waals surface area contributed by atoms with Crippen LogP contribution in [0.5, 0.6) is 0 Å². The van der Waals surface area contributed by atoms with Crippen molar-refractivity contribution in [2.24, 2.45) is 0 Å². The lowest BCUT2D eigenvalue weighted by Gasteiger charge is -2.43. The first-order chi connectivity index (χ1) is 16.8. The number of carbonyl (C=O) groups excluding carboxylic acids is 2. The molecule has 2 amide bonds. The zero-order valence-electron chi connectivity index (χ0n) is 20.3. The van der Waals surface area contributed by atoms with Gasteiger partial charge in [-0.15, -0.1) is 0 Å². The van der Waals surface area contributed by atoms with E-state index in [4.69, 9.17) is 4.42 Å². The van der Waals surface area contributed by atoms with E-state index in [1.165, 1.54) is 0 Å². The van der Waals surface area contributed by atoms with Gasteiger partial charge in [0.05, 0.1) is 12.8 Å². The maximum Gasteiger partial charge on any atom is 0.277 e. The van der Waals surface area contributed by atoms with Crippen LogP contribution in [0.4, 0.5) is 5.69 Å². The van der Waals surface area contributed by atoms with Gasteiger partial charge in [0, 0.05) is 18.3 Å². The fourth-order valence-corrected chi connectivity index (χ4v) is 4.56. The van der Waals surface area contributed by atoms with Crippen LogP contribution < -0.4 is 10.2 Å². The number of rotatable bonds is 5. The summed E-state index contributed by atoms with van der Waals surface area (Å²) in [6.07, 6.45) is 1.57. The van der Waals surface area contributed by atoms with E-state index in [0.717, 1.165) is 27.9 Å². The molecule has 35 heavy (non-hydrogen) atoms. The number of nitrogens with zero attached hydrogens (tertiary/aromatic N) is 3. The summed E-state index contributed by atoms with van der Waals surface area (Å²) in [6.45, 7) is 8.38. The number of hydrogen-bond donors (Lipinski definition) is 1. The first-order valence-corrected chi connectivity index (χ1v) is 11.6. The summed E-state index contributed by atoms with van der Waals surface area (Å²) in [5.74, 6) is 0.0554. The van der Waals surface area contributed by atoms with Crippen molar-refractivity contribution in [1.82, 2.24) is 15.1 Å². The molecule has 7 heteroatoms. The zero-order chi connectivity index (χ0) is 24.7. The molecular weight excluding hydrogens is 440 g/mol. The number of anilines is 1. The molecule has 1 aliphatic rings. The molecule has 0 spiro atoms. The number of carbonyl (C=O) groups is 2. The Bertz CT molecular complexity index is 1400. The van der Waals surface area contributed by atoms with Crippen molar-refractivity contribution in [3.8, 4) is 11.5 Å². The van der Waals surface area contributed by atoms with Crippen molar-refractivity contribution in [2.45, 2.75) is 46.3 Å². The summed E-state index contributed by atoms with van der Waals surface area (Å²) in [6, 6.07) is 19.1. The molecule has 0 radical (unpaired) electrons. The molecule has 2 aromatic carbocycles. The van der Waals surface area contributed by atoms with Crippen molar-refractivity contribution in [2.75, 3.05) is 4.90 Å². The Labute approximate surface area is 204 Å². The third-order valence-corrected chi connectivity index (χ3v) is 6.81. The Morgan fingerprint density at radius 2 is 1.86 bits per heavy atom. The van der Waals surface area contributed by atoms with Crippen LogP contribution in [0.3, 0.4) is 0 Å². The van der Waals surface area contributed by atoms with Crippen molar-refractivity contribution in [3.63, 3.8) is 0 Å². The van der Waals surface area contributed by atoms with E-state index >= 15 is 0 Å². The summed E-state index contributed by atoms with van der Waals surface area (Å²) in [4.78, 5) is 29.3. The Morgan fingerprint density at radius 3 is 2.57 bits per heavy atom. The monoisotopic (exact) mass is 468 g/mol. The average molecular weight is 469 g/mol. The minimum Gasteiger partial charge on any atom is -0.463 e. The van der Waals surface area contributed by atoms with Gasteiger partial charge >= 0.3 is 0 Å². The Balaban J connectivity index is 1.56. The smallest absolute Gasteiger partial charge is 0.277 e. The maximum absolute atomic E-state index is 13.9. The number of fused-ring (bicyclic) bond motifs is 1. The predicted octanol–water partition coefficient (Wildman–Crippen LogP) is 4.80. The van der Waals surface area contributed by atoms with Gasteiger partial charge in [-0.25, -0.2) is 0 Å². The van der Waals surface area contributed by atoms with E-state index in [1.54, 1.807) is 41.0 Å². The summed E-state index contributed by atoms with van der Waals surface area (Å²) < 4.78 is 7.11. The lowest BCUT2D eigenvalue weighted by molar-refractivity contribution is -0.126. The molecule has 0 fully saturated rings. The number of aromatic nitrogens is 2. The van der Waals surface area contributed by atoms with Crippen molar-refractivity contribution in [1.29, 1.82) is 0 Å². The highest BCUT2D eigenvalue weighted by Crippen LogP contribution is 2.36. The highest BCUT2D eigenvalue weighted by Gasteiger charge is 2.49. The molecule has 3 heterocycles. The van der Waals surface area contributed by atoms with Gasteiger partial charge in [0.1, 0.15) is 16.9 Å². The van der Waals surface area contributed by atoms with E-state index < -0.39 is 5.54 Å². The van der Waals surface area contributed by atoms with Crippen LogP contribution in [0, 0.1) is 20.8 Å². The average Bonchev–Trinajstić information content (AvgIpc) is 3.51. The molecular formula is C28H28N4O3. The maximum atomic E-state index is 13.9. The Hall–Kier alpha value is -4.13. The highest BCUT2D eigenvalue weighted by atomic mass is 16.3. The number of nitrogens with one attached hydrogen (secondary N) is 1. The largest absolute Gasteiger partial charge is 0.463 e. The second kappa shape index (κ2) is 8.58. The minimum absolute atomic E-state index is 0.210. The second-order valence-electron chi connectivity index (χ2n) is 9.35. The fourth-order valence-electron chi connectivity index (χ4n) is 4.56. The molecule has 7 nitrogen and oxygen atoms in total. The molecule has 1 aliphatic heterocycles. The third kappa shape index (κ3) is 3.93. The van der Waals surface area contributed by atoms with Crippen LogP contribution in [0.1, 0.15) is 39.7 Å². The van der Waals surface area contributed by atoms with Crippen LogP contribution in [-0.4, -0.2) is 27.1 Å². The third-order valence-electron chi connectivity index (χ3n) is 6.81. The highest BCUT2D eigenvalue weighted by molar-refractivity contribution is 6.12. The van der Waals surface area contributed by atoms with Gasteiger partial charge < -0.3 is 9.73 Å². The molecule has 0 saturated heterocycles. The number of furan rings is 1. The molecule has 178 valence electrons. The van der Waals surface area contributed by atoms with Gasteiger partial charge in [-0.1, -0.05) is 42.0 Å². The summed E-state index contributed by atoms with van der Waals surface area (Å²) in [5.41, 5.74) is 4.66. The van der Waals surface area contributed by atoms with Crippen LogP contribution >= 0.6 is 0 Å². The van der Waals surface area contributed by atoms with Crippen LogP contribution in [0.25, 0.3) is 11.5 Å². The van der Waals surface area contributed by atoms with Gasteiger partial charge in [0.25, 0.3) is 5.91 Å².